The van der Waals surface area contributed by atoms with Gasteiger partial charge in [0, 0.05) is 6.42 Å². The molecule has 0 spiro atoms. The Hall–Kier alpha value is -3.16. The Kier molecular flexibility index (Phi) is 5.32. The maximum Gasteiger partial charge on any atom is 0.429 e. The van der Waals surface area contributed by atoms with Gasteiger partial charge in [0.05, 0.1) is 6.33 Å². The molecule has 4 rings (SSSR count). The zero-order chi connectivity index (χ0) is 21.3. The van der Waals surface area contributed by atoms with E-state index in [1.807, 2.05) is 0 Å². The minimum absolute atomic E-state index is 0.0286. The average molecular weight is 432 g/mol. The number of hydrogen-bond donors (Lipinski definition) is 2. The molecule has 3 aromatic rings. The van der Waals surface area contributed by atoms with Crippen LogP contribution < -0.4 is 10.3 Å². The van der Waals surface area contributed by atoms with Crippen LogP contribution in [-0.2, 0) is 13.8 Å². The number of fused-ring (bicyclic) bond motifs is 1. The Morgan fingerprint density at radius 1 is 1.43 bits per heavy atom. The predicted octanol–water partition coefficient (Wildman–Crippen LogP) is 1.95. The van der Waals surface area contributed by atoms with E-state index >= 15 is 0 Å². The van der Waals surface area contributed by atoms with Crippen LogP contribution in [0.4, 0.5) is 10.2 Å². The number of terminal acetylenes is 1. The van der Waals surface area contributed by atoms with E-state index in [1.54, 1.807) is 30.3 Å². The topological polar surface area (TPSA) is 135 Å². The van der Waals surface area contributed by atoms with E-state index in [1.165, 1.54) is 10.9 Å². The summed E-state index contributed by atoms with van der Waals surface area (Å²) in [5.41, 5.74) is 4.33. The maximum absolute atomic E-state index is 13.6. The van der Waals surface area contributed by atoms with E-state index in [-0.39, 0.29) is 23.4 Å². The molecule has 0 amide bonds. The molecule has 4 atom stereocenters. The van der Waals surface area contributed by atoms with Gasteiger partial charge in [0.25, 0.3) is 0 Å². The standard InChI is InChI=1S/C18H16FN5O5P/c1-2-18(9-27-30(26)29-11-6-4-3-5-7-11)12(25)8-13(28-18)24-10-21-14-15(20)22-17(19)23-16(14)24/h1,3-7,10,12-13,25H,8-9H2,(H2,20,22,23)/t12-,13+,18+/m0/s1. The molecule has 12 heteroatoms. The first-order valence-electron chi connectivity index (χ1n) is 8.74. The monoisotopic (exact) mass is 432 g/mol. The summed E-state index contributed by atoms with van der Waals surface area (Å²) < 4.78 is 43.3. The second-order valence-corrected chi connectivity index (χ2v) is 7.35. The summed E-state index contributed by atoms with van der Waals surface area (Å²) in [5.74, 6) is 2.58. The molecule has 0 saturated carbocycles. The van der Waals surface area contributed by atoms with Gasteiger partial charge in [-0.1, -0.05) is 24.1 Å². The van der Waals surface area contributed by atoms with Gasteiger partial charge in [-0.15, -0.1) is 6.42 Å². The second kappa shape index (κ2) is 7.93. The number of halogens is 1. The van der Waals surface area contributed by atoms with Crippen LogP contribution in [0.3, 0.4) is 0 Å². The summed E-state index contributed by atoms with van der Waals surface area (Å²) >= 11 is 0. The number of nitrogens with two attached hydrogens (primary N) is 1. The lowest BCUT2D eigenvalue weighted by molar-refractivity contribution is -0.0841. The van der Waals surface area contributed by atoms with Gasteiger partial charge in [0.2, 0.25) is 0 Å². The quantitative estimate of drug-likeness (QED) is 0.340. The fourth-order valence-electron chi connectivity index (χ4n) is 3.09. The van der Waals surface area contributed by atoms with Gasteiger partial charge in [-0.05, 0) is 12.1 Å². The molecule has 0 bridgehead atoms. The van der Waals surface area contributed by atoms with Gasteiger partial charge in [0.1, 0.15) is 24.7 Å². The molecule has 2 aromatic heterocycles. The van der Waals surface area contributed by atoms with Crippen molar-refractivity contribution in [3.63, 3.8) is 0 Å². The summed E-state index contributed by atoms with van der Waals surface area (Å²) in [6, 6.07) is 8.43. The van der Waals surface area contributed by atoms with Crippen LogP contribution in [0.2, 0.25) is 0 Å². The number of rotatable bonds is 6. The molecule has 1 fully saturated rings. The van der Waals surface area contributed by atoms with Crippen LogP contribution in [0.15, 0.2) is 36.7 Å². The van der Waals surface area contributed by atoms with Crippen molar-refractivity contribution in [3.8, 4) is 18.1 Å². The highest BCUT2D eigenvalue weighted by Gasteiger charge is 2.49. The molecule has 1 saturated heterocycles. The Labute approximate surface area is 170 Å². The lowest BCUT2D eigenvalue weighted by Crippen LogP contribution is -2.42. The summed E-state index contributed by atoms with van der Waals surface area (Å²) in [5, 5.41) is 10.5. The van der Waals surface area contributed by atoms with E-state index in [0.717, 1.165) is 0 Å². The second-order valence-electron chi connectivity index (χ2n) is 6.46. The number of aromatic nitrogens is 4. The van der Waals surface area contributed by atoms with Crippen molar-refractivity contribution in [1.29, 1.82) is 0 Å². The maximum atomic E-state index is 13.6. The smallest absolute Gasteiger partial charge is 0.398 e. The van der Waals surface area contributed by atoms with Gasteiger partial charge in [-0.2, -0.15) is 14.4 Å². The summed E-state index contributed by atoms with van der Waals surface area (Å²) in [6.07, 6.45) is 3.91. The molecule has 3 heterocycles. The predicted molar refractivity (Wildman–Crippen MR) is 103 cm³/mol. The number of ether oxygens (including phenoxy) is 1. The SMILES string of the molecule is C#C[C@]1(CO[P](=O)Oc2ccccc2)O[C@@H](n2cnc3c(N)nc(F)nc32)C[C@@H]1O. The molecule has 155 valence electrons. The average Bonchev–Trinajstić information content (AvgIpc) is 3.29. The zero-order valence-corrected chi connectivity index (χ0v) is 16.3. The zero-order valence-electron chi connectivity index (χ0n) is 15.4. The van der Waals surface area contributed by atoms with Crippen molar-refractivity contribution in [2.75, 3.05) is 12.3 Å². The Bertz CT molecular complexity index is 1140. The molecular weight excluding hydrogens is 416 g/mol. The highest BCUT2D eigenvalue weighted by Crippen LogP contribution is 2.40. The van der Waals surface area contributed by atoms with Crippen LogP contribution in [-0.4, -0.2) is 42.9 Å². The third-order valence-electron chi connectivity index (χ3n) is 4.59. The molecule has 0 aliphatic carbocycles. The van der Waals surface area contributed by atoms with Crippen molar-refractivity contribution in [1.82, 2.24) is 19.5 Å². The number of nitrogen functional groups attached to an aromatic ring is 1. The number of anilines is 1. The Morgan fingerprint density at radius 3 is 2.93 bits per heavy atom. The minimum Gasteiger partial charge on any atom is -0.398 e. The van der Waals surface area contributed by atoms with E-state index in [2.05, 4.69) is 20.9 Å². The van der Waals surface area contributed by atoms with Gasteiger partial charge < -0.3 is 20.1 Å². The number of nitrogens with zero attached hydrogens (tertiary/aromatic N) is 4. The summed E-state index contributed by atoms with van der Waals surface area (Å²) in [6.45, 7) is -0.401. The van der Waals surface area contributed by atoms with E-state index in [4.69, 9.17) is 25.9 Å². The Balaban J connectivity index is 1.50. The van der Waals surface area contributed by atoms with Crippen molar-refractivity contribution >= 4 is 25.2 Å². The number of para-hydroxylation sites is 1. The van der Waals surface area contributed by atoms with E-state index < -0.39 is 38.9 Å². The first-order valence-corrected chi connectivity index (χ1v) is 9.84. The molecule has 1 aliphatic rings. The first-order chi connectivity index (χ1) is 14.4. The molecule has 3 N–H and O–H groups in total. The minimum atomic E-state index is -2.57. The van der Waals surface area contributed by atoms with Gasteiger partial charge in [-0.3, -0.25) is 9.09 Å². The van der Waals surface area contributed by atoms with Crippen molar-refractivity contribution in [2.24, 2.45) is 0 Å². The third-order valence-corrected chi connectivity index (χ3v) is 5.29. The number of imidazole rings is 1. The lowest BCUT2D eigenvalue weighted by atomic mass is 9.99. The summed E-state index contributed by atoms with van der Waals surface area (Å²) in [4.78, 5) is 11.2. The van der Waals surface area contributed by atoms with Crippen molar-refractivity contribution < 1.29 is 27.8 Å². The fourth-order valence-corrected chi connectivity index (χ4v) is 3.73. The van der Waals surface area contributed by atoms with Gasteiger partial charge in [0.15, 0.2) is 22.6 Å². The molecule has 1 radical (unpaired) electrons. The number of benzene rings is 1. The van der Waals surface area contributed by atoms with Crippen LogP contribution in [0.5, 0.6) is 5.75 Å². The van der Waals surface area contributed by atoms with Crippen molar-refractivity contribution in [2.45, 2.75) is 24.4 Å². The molecule has 1 aliphatic heterocycles. The molecule has 1 aromatic carbocycles. The molecular formula is C18H16FN5O5P. The summed E-state index contributed by atoms with van der Waals surface area (Å²) in [7, 11) is -2.57. The van der Waals surface area contributed by atoms with Gasteiger partial charge >= 0.3 is 14.3 Å². The lowest BCUT2D eigenvalue weighted by Gasteiger charge is -2.25. The van der Waals surface area contributed by atoms with Gasteiger partial charge in [-0.25, -0.2) is 9.55 Å². The van der Waals surface area contributed by atoms with Crippen LogP contribution in [0.1, 0.15) is 12.6 Å². The molecule has 1 unspecified atom stereocenters. The largest absolute Gasteiger partial charge is 0.429 e. The molecule has 30 heavy (non-hydrogen) atoms. The normalized spacial score (nSPS) is 24.0. The highest BCUT2D eigenvalue weighted by molar-refractivity contribution is 7.33. The fraction of sp³-hybridized carbons (Fsp3) is 0.278. The number of aliphatic hydroxyl groups excluding tert-OH is 1. The number of aliphatic hydroxyl groups is 1. The van der Waals surface area contributed by atoms with E-state index in [0.29, 0.717) is 5.75 Å². The van der Waals surface area contributed by atoms with E-state index in [9.17, 15) is 14.1 Å². The van der Waals surface area contributed by atoms with Crippen molar-refractivity contribution in [3.05, 3.63) is 42.7 Å². The number of hydrogen-bond acceptors (Lipinski definition) is 9. The third kappa shape index (κ3) is 3.69. The first kappa shape index (κ1) is 20.1. The highest BCUT2D eigenvalue weighted by atomic mass is 31.1. The van der Waals surface area contributed by atoms with Crippen LogP contribution in [0, 0.1) is 18.4 Å². The van der Waals surface area contributed by atoms with Crippen LogP contribution >= 0.6 is 8.25 Å². The molecule has 10 nitrogen and oxygen atoms in total. The Morgan fingerprint density at radius 2 is 2.20 bits per heavy atom. The van der Waals surface area contributed by atoms with Crippen LogP contribution in [0.25, 0.3) is 11.2 Å².